The number of aromatic amines is 1. The molecule has 12 heavy (non-hydrogen) atoms. The van der Waals surface area contributed by atoms with Gasteiger partial charge in [-0.1, -0.05) is 13.8 Å². The molecule has 3 N–H and O–H groups in total. The Labute approximate surface area is 71.8 Å². The van der Waals surface area contributed by atoms with Crippen molar-refractivity contribution >= 4 is 12.4 Å². The quantitative estimate of drug-likeness (QED) is 0.572. The lowest BCUT2D eigenvalue weighted by Gasteiger charge is -1.98. The Morgan fingerprint density at radius 2 is 2.00 bits per heavy atom. The molecule has 64 valence electrons. The van der Waals surface area contributed by atoms with Crippen LogP contribution in [-0.4, -0.2) is 17.4 Å². The van der Waals surface area contributed by atoms with Crippen molar-refractivity contribution in [2.45, 2.75) is 19.8 Å². The van der Waals surface area contributed by atoms with Crippen molar-refractivity contribution in [1.82, 2.24) is 4.98 Å². The van der Waals surface area contributed by atoms with Gasteiger partial charge >= 0.3 is 0 Å². The highest BCUT2D eigenvalue weighted by molar-refractivity contribution is 5.91. The Morgan fingerprint density at radius 3 is 2.33 bits per heavy atom. The van der Waals surface area contributed by atoms with Crippen LogP contribution in [0.25, 0.3) is 0 Å². The lowest BCUT2D eigenvalue weighted by atomic mass is 10.1. The second kappa shape index (κ2) is 3.34. The number of rotatable bonds is 3. The predicted molar refractivity (Wildman–Crippen MR) is 50.7 cm³/mol. The van der Waals surface area contributed by atoms with Gasteiger partial charge in [0.25, 0.3) is 0 Å². The average Bonchev–Trinajstić information content (AvgIpc) is 2.46. The maximum atomic E-state index is 7.09. The summed E-state index contributed by atoms with van der Waals surface area (Å²) in [4.78, 5) is 3.09. The minimum Gasteiger partial charge on any atom is -0.357 e. The molecule has 0 aliphatic heterocycles. The van der Waals surface area contributed by atoms with E-state index in [2.05, 4.69) is 18.8 Å². The van der Waals surface area contributed by atoms with Gasteiger partial charge in [0.05, 0.1) is 5.69 Å². The van der Waals surface area contributed by atoms with Gasteiger partial charge in [0.1, 0.15) is 0 Å². The fourth-order valence-corrected chi connectivity index (χ4v) is 1.06. The van der Waals surface area contributed by atoms with Crippen molar-refractivity contribution in [3.8, 4) is 0 Å². The van der Waals surface area contributed by atoms with E-state index in [4.69, 9.17) is 10.8 Å². The van der Waals surface area contributed by atoms with Crippen molar-refractivity contribution in [1.29, 1.82) is 10.8 Å². The third-order valence-corrected chi connectivity index (χ3v) is 1.82. The summed E-state index contributed by atoms with van der Waals surface area (Å²) in [6.45, 7) is 4.15. The van der Waals surface area contributed by atoms with Gasteiger partial charge < -0.3 is 15.8 Å². The van der Waals surface area contributed by atoms with Gasteiger partial charge in [0.2, 0.25) is 0 Å². The largest absolute Gasteiger partial charge is 0.357 e. The molecule has 0 atom stereocenters. The Bertz CT molecular complexity index is 271. The fourth-order valence-electron chi connectivity index (χ4n) is 1.06. The van der Waals surface area contributed by atoms with Crippen LogP contribution >= 0.6 is 0 Å². The number of hydrogen-bond donors (Lipinski definition) is 3. The third kappa shape index (κ3) is 1.44. The molecule has 0 fully saturated rings. The first-order valence-electron chi connectivity index (χ1n) is 3.93. The van der Waals surface area contributed by atoms with E-state index in [0.717, 1.165) is 11.3 Å². The van der Waals surface area contributed by atoms with Gasteiger partial charge in [-0.3, -0.25) is 0 Å². The predicted octanol–water partition coefficient (Wildman–Crippen LogP) is 2.13. The molecule has 0 aliphatic carbocycles. The molecule has 1 heterocycles. The molecule has 1 aromatic heterocycles. The monoisotopic (exact) mass is 163 g/mol. The van der Waals surface area contributed by atoms with Gasteiger partial charge in [0.15, 0.2) is 0 Å². The summed E-state index contributed by atoms with van der Waals surface area (Å²) in [6, 6.07) is 1.91. The third-order valence-electron chi connectivity index (χ3n) is 1.82. The smallest absolute Gasteiger partial charge is 0.0650 e. The van der Waals surface area contributed by atoms with Crippen LogP contribution in [-0.2, 0) is 0 Å². The molecule has 0 saturated carbocycles. The summed E-state index contributed by atoms with van der Waals surface area (Å²) in [5.41, 5.74) is 2.58. The van der Waals surface area contributed by atoms with E-state index < -0.39 is 0 Å². The van der Waals surface area contributed by atoms with Crippen molar-refractivity contribution in [3.63, 3.8) is 0 Å². The zero-order valence-corrected chi connectivity index (χ0v) is 7.31. The second-order valence-electron chi connectivity index (χ2n) is 3.04. The van der Waals surface area contributed by atoms with Gasteiger partial charge in [-0.15, -0.1) is 0 Å². The van der Waals surface area contributed by atoms with Crippen molar-refractivity contribution in [3.05, 3.63) is 23.0 Å². The summed E-state index contributed by atoms with van der Waals surface area (Å²) in [5.74, 6) is 0.414. The van der Waals surface area contributed by atoms with Crippen LogP contribution in [0.4, 0.5) is 0 Å². The highest BCUT2D eigenvalue weighted by atomic mass is 14.7. The lowest BCUT2D eigenvalue weighted by Crippen LogP contribution is -1.88. The van der Waals surface area contributed by atoms with E-state index in [0.29, 0.717) is 11.6 Å². The van der Waals surface area contributed by atoms with Gasteiger partial charge in [0, 0.05) is 23.7 Å². The van der Waals surface area contributed by atoms with Crippen LogP contribution in [0.5, 0.6) is 0 Å². The zero-order chi connectivity index (χ0) is 9.14. The molecule has 0 aliphatic rings. The molecule has 1 rings (SSSR count). The maximum Gasteiger partial charge on any atom is 0.0650 e. The first-order chi connectivity index (χ1) is 5.69. The van der Waals surface area contributed by atoms with Crippen molar-refractivity contribution in [2.75, 3.05) is 0 Å². The molecular formula is C9H13N3. The van der Waals surface area contributed by atoms with Gasteiger partial charge in [-0.25, -0.2) is 0 Å². The number of aromatic nitrogens is 1. The highest BCUT2D eigenvalue weighted by Gasteiger charge is 2.06. The van der Waals surface area contributed by atoms with Crippen molar-refractivity contribution in [2.24, 2.45) is 0 Å². The van der Waals surface area contributed by atoms with Crippen LogP contribution in [0, 0.1) is 10.8 Å². The van der Waals surface area contributed by atoms with Crippen LogP contribution in [0.3, 0.4) is 0 Å². The zero-order valence-electron chi connectivity index (χ0n) is 7.31. The molecule has 0 aromatic carbocycles. The van der Waals surface area contributed by atoms with Gasteiger partial charge in [-0.2, -0.15) is 0 Å². The van der Waals surface area contributed by atoms with Crippen LogP contribution in [0.2, 0.25) is 0 Å². The first-order valence-corrected chi connectivity index (χ1v) is 3.93. The molecule has 3 heteroatoms. The SMILES string of the molecule is CC(C)c1cc(C=N)c(C=N)[nH]1. The van der Waals surface area contributed by atoms with E-state index in [1.807, 2.05) is 6.07 Å². The molecule has 0 amide bonds. The molecular weight excluding hydrogens is 150 g/mol. The number of hydrogen-bond acceptors (Lipinski definition) is 2. The normalized spacial score (nSPS) is 10.2. The topological polar surface area (TPSA) is 63.5 Å². The van der Waals surface area contributed by atoms with E-state index >= 15 is 0 Å². The summed E-state index contributed by atoms with van der Waals surface area (Å²) < 4.78 is 0. The molecule has 0 spiro atoms. The Balaban J connectivity index is 3.13. The van der Waals surface area contributed by atoms with Crippen molar-refractivity contribution < 1.29 is 0 Å². The Kier molecular flexibility index (Phi) is 2.43. The molecule has 0 bridgehead atoms. The molecule has 1 aromatic rings. The molecule has 3 nitrogen and oxygen atoms in total. The van der Waals surface area contributed by atoms with E-state index in [1.54, 1.807) is 0 Å². The second-order valence-corrected chi connectivity index (χ2v) is 3.04. The van der Waals surface area contributed by atoms with E-state index in [-0.39, 0.29) is 0 Å². The number of H-pyrrole nitrogens is 1. The van der Waals surface area contributed by atoms with Crippen LogP contribution in [0.15, 0.2) is 6.07 Å². The summed E-state index contributed by atoms with van der Waals surface area (Å²) in [5, 5.41) is 14.2. The van der Waals surface area contributed by atoms with E-state index in [1.165, 1.54) is 12.4 Å². The molecule has 0 unspecified atom stereocenters. The lowest BCUT2D eigenvalue weighted by molar-refractivity contribution is 0.832. The first kappa shape index (κ1) is 8.71. The average molecular weight is 163 g/mol. The molecule has 0 radical (unpaired) electrons. The Hall–Kier alpha value is -1.38. The summed E-state index contributed by atoms with van der Waals surface area (Å²) >= 11 is 0. The maximum absolute atomic E-state index is 7.09. The standard InChI is InChI=1S/C9H13N3/c1-6(2)8-3-7(4-10)9(5-11)12-8/h3-6,10-12H,1-2H3. The summed E-state index contributed by atoms with van der Waals surface area (Å²) in [7, 11) is 0. The number of nitrogens with one attached hydrogen (secondary N) is 3. The highest BCUT2D eigenvalue weighted by Crippen LogP contribution is 2.15. The van der Waals surface area contributed by atoms with E-state index in [9.17, 15) is 0 Å². The minimum absolute atomic E-state index is 0.414. The summed E-state index contributed by atoms with van der Waals surface area (Å²) in [6.07, 6.45) is 2.51. The molecule has 0 saturated heterocycles. The minimum atomic E-state index is 0.414. The van der Waals surface area contributed by atoms with Gasteiger partial charge in [-0.05, 0) is 12.0 Å². The Morgan fingerprint density at radius 1 is 1.33 bits per heavy atom. The van der Waals surface area contributed by atoms with Crippen LogP contribution in [0.1, 0.15) is 36.7 Å². The fraction of sp³-hybridized carbons (Fsp3) is 0.333. The van der Waals surface area contributed by atoms with Crippen LogP contribution < -0.4 is 0 Å².